The Bertz CT molecular complexity index is 1700. The molecule has 2 saturated heterocycles. The van der Waals surface area contributed by atoms with Crippen molar-refractivity contribution in [2.75, 3.05) is 46.7 Å². The molecule has 5 rings (SSSR count). The first-order valence-corrected chi connectivity index (χ1v) is 14.8. The van der Waals surface area contributed by atoms with Crippen LogP contribution in [0.5, 0.6) is 5.75 Å². The van der Waals surface area contributed by atoms with Crippen molar-refractivity contribution in [2.24, 2.45) is 5.92 Å². The number of methoxy groups -OCH3 is 1. The van der Waals surface area contributed by atoms with Crippen LogP contribution in [0.1, 0.15) is 17.5 Å². The highest BCUT2D eigenvalue weighted by atomic mass is 35.5. The van der Waals surface area contributed by atoms with E-state index in [0.717, 1.165) is 10.5 Å². The summed E-state index contributed by atoms with van der Waals surface area (Å²) in [4.78, 5) is 53.8. The van der Waals surface area contributed by atoms with Gasteiger partial charge in [0.25, 0.3) is 0 Å². The van der Waals surface area contributed by atoms with Gasteiger partial charge in [0.2, 0.25) is 17.7 Å². The second kappa shape index (κ2) is 12.9. The maximum atomic E-state index is 15.6. The van der Waals surface area contributed by atoms with Crippen molar-refractivity contribution < 1.29 is 28.3 Å². The average molecular weight is 636 g/mol. The number of ether oxygens (including phenoxy) is 1. The number of likely N-dealkylation sites (N-methyl/N-ethyl adjacent to an activating group) is 1. The van der Waals surface area contributed by atoms with E-state index < -0.39 is 29.6 Å². The number of nitrogens with one attached hydrogen (secondary N) is 2. The van der Waals surface area contributed by atoms with Crippen molar-refractivity contribution in [3.63, 3.8) is 0 Å². The summed E-state index contributed by atoms with van der Waals surface area (Å²) in [5, 5.41) is 6.04. The van der Waals surface area contributed by atoms with E-state index in [-0.39, 0.29) is 25.0 Å². The molecule has 2 aliphatic heterocycles. The zero-order valence-corrected chi connectivity index (χ0v) is 26.5. The Kier molecular flexibility index (Phi) is 9.13. The van der Waals surface area contributed by atoms with Gasteiger partial charge in [0.15, 0.2) is 0 Å². The van der Waals surface area contributed by atoms with Crippen molar-refractivity contribution in [3.05, 3.63) is 70.5 Å². The van der Waals surface area contributed by atoms with Gasteiger partial charge >= 0.3 is 6.03 Å². The zero-order chi connectivity index (χ0) is 32.6. The predicted molar refractivity (Wildman–Crippen MR) is 169 cm³/mol. The summed E-state index contributed by atoms with van der Waals surface area (Å²) in [6, 6.07) is 13.5. The molecule has 0 radical (unpaired) electrons. The summed E-state index contributed by atoms with van der Waals surface area (Å²) in [5.74, 6) is -2.23. The van der Waals surface area contributed by atoms with Crippen LogP contribution in [0.4, 0.5) is 14.9 Å². The number of benzene rings is 3. The molecule has 45 heavy (non-hydrogen) atoms. The fourth-order valence-electron chi connectivity index (χ4n) is 5.84. The minimum absolute atomic E-state index is 0.0208. The summed E-state index contributed by atoms with van der Waals surface area (Å²) in [5.41, 5.74) is 4.12. The number of halogens is 2. The predicted octanol–water partition coefficient (Wildman–Crippen LogP) is 4.53. The molecule has 3 aromatic carbocycles. The first-order chi connectivity index (χ1) is 21.4. The van der Waals surface area contributed by atoms with Gasteiger partial charge in [-0.3, -0.25) is 24.2 Å². The second-order valence-electron chi connectivity index (χ2n) is 11.5. The molecule has 10 nitrogen and oxygen atoms in total. The van der Waals surface area contributed by atoms with Crippen molar-refractivity contribution in [1.82, 2.24) is 20.0 Å². The lowest BCUT2D eigenvalue weighted by molar-refractivity contribution is -0.140. The average Bonchev–Trinajstić information content (AvgIpc) is 3.46. The number of rotatable bonds is 8. The number of hydrogen-bond acceptors (Lipinski definition) is 6. The first kappa shape index (κ1) is 31.9. The first-order valence-electron chi connectivity index (χ1n) is 14.5. The molecular formula is C33H35ClFN5O5. The maximum Gasteiger partial charge on any atom is 0.326 e. The molecule has 12 heteroatoms. The van der Waals surface area contributed by atoms with Crippen LogP contribution in [-0.2, 0) is 20.9 Å². The van der Waals surface area contributed by atoms with Crippen LogP contribution in [0, 0.1) is 18.7 Å². The van der Waals surface area contributed by atoms with Crippen molar-refractivity contribution in [1.29, 1.82) is 0 Å². The molecule has 2 heterocycles. The van der Waals surface area contributed by atoms with Crippen LogP contribution in [0.3, 0.4) is 0 Å². The minimum Gasteiger partial charge on any atom is -0.496 e. The minimum atomic E-state index is -1.04. The van der Waals surface area contributed by atoms with Gasteiger partial charge in [0.05, 0.1) is 12.1 Å². The third-order valence-electron chi connectivity index (χ3n) is 8.57. The van der Waals surface area contributed by atoms with E-state index in [4.69, 9.17) is 16.3 Å². The van der Waals surface area contributed by atoms with E-state index in [9.17, 15) is 19.2 Å². The van der Waals surface area contributed by atoms with Crippen molar-refractivity contribution in [3.8, 4) is 28.0 Å². The largest absolute Gasteiger partial charge is 0.496 e. The lowest BCUT2D eigenvalue weighted by atomic mass is 9.94. The number of anilines is 1. The summed E-state index contributed by atoms with van der Waals surface area (Å²) in [6.45, 7) is 2.58. The van der Waals surface area contributed by atoms with Gasteiger partial charge in [0, 0.05) is 68.6 Å². The molecule has 0 spiro atoms. The van der Waals surface area contributed by atoms with Crippen LogP contribution in [0.15, 0.2) is 48.5 Å². The highest BCUT2D eigenvalue weighted by molar-refractivity contribution is 6.36. The molecule has 0 aliphatic carbocycles. The molecule has 0 aromatic heterocycles. The third kappa shape index (κ3) is 6.23. The number of carbonyl (C=O) groups excluding carboxylic acids is 4. The summed E-state index contributed by atoms with van der Waals surface area (Å²) in [7, 11) is 6.23. The zero-order valence-electron chi connectivity index (χ0n) is 25.7. The normalized spacial score (nSPS) is 18.4. The Morgan fingerprint density at radius 3 is 2.49 bits per heavy atom. The fraction of sp³-hybridized carbons (Fsp3) is 0.333. The second-order valence-corrected chi connectivity index (χ2v) is 11.8. The Hall–Kier alpha value is -4.48. The van der Waals surface area contributed by atoms with Crippen molar-refractivity contribution in [2.45, 2.75) is 25.9 Å². The molecule has 0 saturated carbocycles. The molecule has 5 amide bonds. The van der Waals surface area contributed by atoms with Gasteiger partial charge in [-0.25, -0.2) is 9.18 Å². The number of nitrogens with zero attached hydrogens (tertiary/aromatic N) is 3. The quantitative estimate of drug-likeness (QED) is 0.352. The highest BCUT2D eigenvalue weighted by Crippen LogP contribution is 2.41. The van der Waals surface area contributed by atoms with E-state index in [1.807, 2.05) is 37.1 Å². The number of amides is 5. The molecule has 2 N–H and O–H groups in total. The third-order valence-corrected chi connectivity index (χ3v) is 8.98. The summed E-state index contributed by atoms with van der Waals surface area (Å²) in [6.07, 6.45) is 0.361. The van der Waals surface area contributed by atoms with E-state index in [1.54, 1.807) is 24.3 Å². The van der Waals surface area contributed by atoms with Gasteiger partial charge in [-0.15, -0.1) is 0 Å². The van der Waals surface area contributed by atoms with Crippen LogP contribution in [0.2, 0.25) is 5.02 Å². The topological polar surface area (TPSA) is 111 Å². The fourth-order valence-corrected chi connectivity index (χ4v) is 6.17. The van der Waals surface area contributed by atoms with E-state index in [1.165, 1.54) is 32.2 Å². The summed E-state index contributed by atoms with van der Waals surface area (Å²) < 4.78 is 21.2. The molecule has 1 unspecified atom stereocenters. The molecular weight excluding hydrogens is 601 g/mol. The van der Waals surface area contributed by atoms with Crippen LogP contribution in [-0.4, -0.2) is 85.8 Å². The molecule has 0 bridgehead atoms. The summed E-state index contributed by atoms with van der Waals surface area (Å²) >= 11 is 6.98. The van der Waals surface area contributed by atoms with Gasteiger partial charge in [0.1, 0.15) is 17.5 Å². The Balaban J connectivity index is 1.43. The molecule has 236 valence electrons. The number of imide groups is 1. The Morgan fingerprint density at radius 1 is 1.11 bits per heavy atom. The lowest BCUT2D eigenvalue weighted by Gasteiger charge is -2.33. The van der Waals surface area contributed by atoms with E-state index in [0.29, 0.717) is 57.2 Å². The Morgan fingerprint density at radius 2 is 1.80 bits per heavy atom. The van der Waals surface area contributed by atoms with E-state index in [2.05, 4.69) is 10.6 Å². The van der Waals surface area contributed by atoms with Crippen LogP contribution < -0.4 is 15.4 Å². The van der Waals surface area contributed by atoms with Crippen molar-refractivity contribution >= 4 is 41.0 Å². The van der Waals surface area contributed by atoms with Gasteiger partial charge in [-0.2, -0.15) is 0 Å². The van der Waals surface area contributed by atoms with Crippen LogP contribution in [0.25, 0.3) is 22.3 Å². The highest BCUT2D eigenvalue weighted by Gasteiger charge is 2.39. The lowest BCUT2D eigenvalue weighted by Crippen LogP contribution is -2.56. The standard InChI is InChI=1S/C33H35ClFN5O5/c1-18-21(8-7-11-27(18)37-31(42)25-17-39(3)33(44)40(4)32(25)43)23-10-6-9-22(30(23)34)19-12-26(35)24(28(13-19)45-5)16-38(2)20-14-29(41)36-15-20/h6-13,20,25H,14-17H2,1-5H3,(H,36,41)(H,37,42)/t20-,25?/m1/s1. The molecule has 2 fully saturated rings. The smallest absolute Gasteiger partial charge is 0.326 e. The number of hydrogen-bond donors (Lipinski definition) is 2. The Labute approximate surface area is 266 Å². The molecule has 2 atom stereocenters. The van der Waals surface area contributed by atoms with E-state index >= 15 is 4.39 Å². The number of carbonyl (C=O) groups is 4. The molecule has 3 aromatic rings. The monoisotopic (exact) mass is 635 g/mol. The van der Waals surface area contributed by atoms with Gasteiger partial charge in [-0.05, 0) is 48.9 Å². The van der Waals surface area contributed by atoms with Crippen LogP contribution >= 0.6 is 11.6 Å². The maximum absolute atomic E-state index is 15.6. The molecule has 2 aliphatic rings. The SMILES string of the molecule is COc1cc(-c2cccc(-c3cccc(NC(=O)C4CN(C)C(=O)N(C)C4=O)c3C)c2Cl)cc(F)c1CN(C)[C@H]1CNC(=O)C1. The van der Waals surface area contributed by atoms with Gasteiger partial charge < -0.3 is 20.3 Å². The number of urea groups is 1. The van der Waals surface area contributed by atoms with Gasteiger partial charge in [-0.1, -0.05) is 41.9 Å².